The highest BCUT2D eigenvalue weighted by Gasteiger charge is 1.81. The molecule has 0 unspecified atom stereocenters. The van der Waals surface area contributed by atoms with Gasteiger partial charge in [-0.05, 0) is 13.8 Å². The molecule has 0 amide bonds. The maximum Gasteiger partial charge on any atom is 0.0437 e. The van der Waals surface area contributed by atoms with Gasteiger partial charge in [-0.25, -0.2) is 0 Å². The molecule has 0 aliphatic rings. The average Bonchev–Trinajstić information content (AvgIpc) is 3.46. The fourth-order valence-electron chi connectivity index (χ4n) is 6.20. The Morgan fingerprint density at radius 3 is 0.169 bits per heavy atom. The third-order valence-corrected chi connectivity index (χ3v) is 11.9. The first kappa shape index (κ1) is 109. The lowest BCUT2D eigenvalue weighted by Crippen LogP contribution is -1.84. The van der Waals surface area contributed by atoms with E-state index in [2.05, 4.69) is 166 Å². The van der Waals surface area contributed by atoms with Crippen molar-refractivity contribution in [1.82, 2.24) is 0 Å². The van der Waals surface area contributed by atoms with Gasteiger partial charge >= 0.3 is 0 Å². The van der Waals surface area contributed by atoms with Gasteiger partial charge in [-0.1, -0.05) is 474 Å². The molecule has 77 heavy (non-hydrogen) atoms. The minimum Gasteiger partial charge on any atom is -0.382 e. The molecule has 0 aromatic heterocycles. The number of hydrogen-bond acceptors (Lipinski definition) is 1. The lowest BCUT2D eigenvalue weighted by atomic mass is 10.2. The molecule has 0 aromatic carbocycles. The van der Waals surface area contributed by atoms with E-state index < -0.39 is 0 Å². The lowest BCUT2D eigenvalue weighted by molar-refractivity contribution is 0.162. The molecule has 0 heterocycles. The van der Waals surface area contributed by atoms with Crippen molar-refractivity contribution in [3.05, 3.63) is 0 Å². The highest BCUT2D eigenvalue weighted by Crippen LogP contribution is 2.01. The van der Waals surface area contributed by atoms with Gasteiger partial charge in [0.1, 0.15) is 0 Å². The third kappa shape index (κ3) is 288. The van der Waals surface area contributed by atoms with Crippen molar-refractivity contribution in [3.8, 4) is 0 Å². The first-order valence-electron chi connectivity index (χ1n) is 37.0. The Morgan fingerprint density at radius 1 is 0.104 bits per heavy atom. The predicted octanol–water partition coefficient (Wildman–Crippen LogP) is 32.1. The average molecular weight is 1110 g/mol. The maximum absolute atomic E-state index is 4.83. The van der Waals surface area contributed by atoms with E-state index >= 15 is 0 Å². The maximum atomic E-state index is 4.83. The van der Waals surface area contributed by atoms with Gasteiger partial charge in [0, 0.05) is 13.2 Å². The van der Waals surface area contributed by atoms with Gasteiger partial charge in [-0.2, -0.15) is 0 Å². The van der Waals surface area contributed by atoms with Gasteiger partial charge in [0.2, 0.25) is 0 Å². The largest absolute Gasteiger partial charge is 0.382 e. The van der Waals surface area contributed by atoms with E-state index in [0.29, 0.717) is 0 Å². The summed E-state index contributed by atoms with van der Waals surface area (Å²) < 4.78 is 4.83. The van der Waals surface area contributed by atoms with Gasteiger partial charge in [0.05, 0.1) is 0 Å². The highest BCUT2D eigenvalue weighted by molar-refractivity contribution is 4.37. The smallest absolute Gasteiger partial charge is 0.0437 e. The molecule has 0 saturated heterocycles. The molecule has 0 spiro atoms. The molecule has 0 fully saturated rings. The van der Waals surface area contributed by atoms with Crippen LogP contribution in [0.15, 0.2) is 0 Å². The first-order chi connectivity index (χ1) is 37.4. The second kappa shape index (κ2) is 164. The van der Waals surface area contributed by atoms with Crippen molar-refractivity contribution in [2.45, 2.75) is 488 Å². The number of ether oxygens (including phenoxy) is 1. The summed E-state index contributed by atoms with van der Waals surface area (Å²) >= 11 is 0. The topological polar surface area (TPSA) is 9.23 Å². The zero-order valence-corrected chi connectivity index (χ0v) is 61.8. The Labute approximate surface area is 503 Å². The summed E-state index contributed by atoms with van der Waals surface area (Å²) in [5.41, 5.74) is 0. The second-order valence-electron chi connectivity index (χ2n) is 21.3. The third-order valence-electron chi connectivity index (χ3n) is 11.9. The zero-order valence-electron chi connectivity index (χ0n) is 61.8. The van der Waals surface area contributed by atoms with E-state index in [1.165, 1.54) is 308 Å². The van der Waals surface area contributed by atoms with Crippen LogP contribution < -0.4 is 0 Å². The van der Waals surface area contributed by atoms with Gasteiger partial charge in [0.15, 0.2) is 0 Å². The highest BCUT2D eigenvalue weighted by atomic mass is 16.5. The molecular formula is C76H178O. The standard InChI is InChI=1S/12C6H14.C4H10O/c12*1-3-5-6-4-2;1-3-5-4-2/h12*3-6H2,1-2H3;3-4H2,1-2H3. The van der Waals surface area contributed by atoms with Crippen molar-refractivity contribution >= 4 is 0 Å². The summed E-state index contributed by atoms with van der Waals surface area (Å²) in [7, 11) is 0. The molecule has 0 N–H and O–H groups in total. The molecule has 0 aliphatic heterocycles. The van der Waals surface area contributed by atoms with Crippen molar-refractivity contribution in [1.29, 1.82) is 0 Å². The van der Waals surface area contributed by atoms with E-state index in [-0.39, 0.29) is 0 Å². The summed E-state index contributed by atoms with van der Waals surface area (Å²) in [5, 5.41) is 0. The van der Waals surface area contributed by atoms with Crippen LogP contribution in [0.1, 0.15) is 488 Å². The second-order valence-corrected chi connectivity index (χ2v) is 21.3. The van der Waals surface area contributed by atoms with Gasteiger partial charge in [0.25, 0.3) is 0 Å². The van der Waals surface area contributed by atoms with E-state index in [0.717, 1.165) is 13.2 Å². The van der Waals surface area contributed by atoms with Gasteiger partial charge < -0.3 is 4.74 Å². The van der Waals surface area contributed by atoms with E-state index in [9.17, 15) is 0 Å². The molecule has 1 nitrogen and oxygen atoms in total. The molecule has 0 bridgehead atoms. The van der Waals surface area contributed by atoms with E-state index in [4.69, 9.17) is 4.74 Å². The van der Waals surface area contributed by atoms with Crippen molar-refractivity contribution in [2.24, 2.45) is 0 Å². The normalized spacial score (nSPS) is 8.96. The predicted molar refractivity (Wildman–Crippen MR) is 380 cm³/mol. The van der Waals surface area contributed by atoms with Gasteiger partial charge in [-0.3, -0.25) is 0 Å². The lowest BCUT2D eigenvalue weighted by Gasteiger charge is -1.86. The zero-order chi connectivity index (χ0) is 62.1. The summed E-state index contributed by atoms with van der Waals surface area (Å²) in [4.78, 5) is 0. The van der Waals surface area contributed by atoms with Crippen LogP contribution in [0.4, 0.5) is 0 Å². The molecule has 0 saturated carbocycles. The molecule has 0 atom stereocenters. The van der Waals surface area contributed by atoms with Crippen molar-refractivity contribution in [2.75, 3.05) is 13.2 Å². The summed E-state index contributed by atoms with van der Waals surface area (Å²) in [6, 6.07) is 0. The number of rotatable bonds is 38. The summed E-state index contributed by atoms with van der Waals surface area (Å²) in [6.07, 6.45) is 66.4. The summed E-state index contributed by atoms with van der Waals surface area (Å²) in [5.74, 6) is 0. The van der Waals surface area contributed by atoms with Crippen LogP contribution in [0.25, 0.3) is 0 Å². The first-order valence-corrected chi connectivity index (χ1v) is 37.0. The van der Waals surface area contributed by atoms with Crippen LogP contribution in [0.3, 0.4) is 0 Å². The van der Waals surface area contributed by atoms with E-state index in [1.54, 1.807) is 0 Å². The quantitative estimate of drug-likeness (QED) is 0.0560. The Morgan fingerprint density at radius 2 is 0.156 bits per heavy atom. The van der Waals surface area contributed by atoms with Crippen LogP contribution in [-0.2, 0) is 4.74 Å². The minimum atomic E-state index is 0.844. The Balaban J connectivity index is -0.0000000524. The minimum absolute atomic E-state index is 0.844. The molecule has 0 aromatic rings. The monoisotopic (exact) mass is 1110 g/mol. The molecule has 0 radical (unpaired) electrons. The SMILES string of the molecule is CCCCCC.CCCCCC.CCCCCC.CCCCCC.CCCCCC.CCCCCC.CCCCCC.CCCCCC.CCCCCC.CCCCCC.CCCCCC.CCCCCC.CCOCC. The Hall–Kier alpha value is -0.0400. The molecule has 1 heteroatoms. The Kier molecular flexibility index (Phi) is 232. The molecule has 0 aliphatic carbocycles. The van der Waals surface area contributed by atoms with E-state index in [1.807, 2.05) is 13.8 Å². The fourth-order valence-corrected chi connectivity index (χ4v) is 6.20. The molecular weight excluding hydrogens is 929 g/mol. The van der Waals surface area contributed by atoms with Crippen LogP contribution in [0.5, 0.6) is 0 Å². The molecule has 488 valence electrons. The summed E-state index contributed by atoms with van der Waals surface area (Å²) in [6.45, 7) is 59.2. The van der Waals surface area contributed by atoms with Crippen LogP contribution in [0.2, 0.25) is 0 Å². The number of hydrogen-bond donors (Lipinski definition) is 0. The van der Waals surface area contributed by atoms with Crippen LogP contribution in [0, 0.1) is 0 Å². The van der Waals surface area contributed by atoms with Gasteiger partial charge in [-0.15, -0.1) is 0 Å². The molecule has 0 rings (SSSR count). The van der Waals surface area contributed by atoms with Crippen molar-refractivity contribution < 1.29 is 4.74 Å². The van der Waals surface area contributed by atoms with Crippen LogP contribution >= 0.6 is 0 Å². The fraction of sp³-hybridized carbons (Fsp3) is 1.00. The van der Waals surface area contributed by atoms with Crippen molar-refractivity contribution in [3.63, 3.8) is 0 Å². The number of unbranched alkanes of at least 4 members (excludes halogenated alkanes) is 36. The van der Waals surface area contributed by atoms with Crippen LogP contribution in [-0.4, -0.2) is 13.2 Å². The Bertz CT molecular complexity index is 364.